The van der Waals surface area contributed by atoms with Crippen LogP contribution in [0.4, 0.5) is 0 Å². The molecule has 21 heavy (non-hydrogen) atoms. The minimum atomic E-state index is -0.610. The maximum Gasteiger partial charge on any atom is 0.309 e. The van der Waals surface area contributed by atoms with E-state index in [1.807, 2.05) is 45.0 Å². The number of rotatable bonds is 7. The standard InChI is InChI=1S/C16H24N2O3/c1-12(2)21-9-5-8-17-15(19)16(20)18-11-14-7-4-6-13(3)10-14/h4,6-7,10,12H,5,8-9,11H2,1-3H3,(H,17,19)(H,18,20). The first-order valence-corrected chi connectivity index (χ1v) is 7.22. The van der Waals surface area contributed by atoms with Gasteiger partial charge in [0.2, 0.25) is 0 Å². The number of carbonyl (C=O) groups is 2. The van der Waals surface area contributed by atoms with Crippen molar-refractivity contribution in [1.82, 2.24) is 10.6 Å². The lowest BCUT2D eigenvalue weighted by Gasteiger charge is -2.09. The van der Waals surface area contributed by atoms with E-state index in [1.165, 1.54) is 0 Å². The summed E-state index contributed by atoms with van der Waals surface area (Å²) in [7, 11) is 0. The minimum Gasteiger partial charge on any atom is -0.379 e. The summed E-state index contributed by atoms with van der Waals surface area (Å²) in [6.45, 7) is 7.25. The van der Waals surface area contributed by atoms with E-state index in [9.17, 15) is 9.59 Å². The Morgan fingerprint density at radius 2 is 1.90 bits per heavy atom. The van der Waals surface area contributed by atoms with Crippen LogP contribution >= 0.6 is 0 Å². The highest BCUT2D eigenvalue weighted by molar-refractivity contribution is 6.35. The molecule has 0 aliphatic heterocycles. The highest BCUT2D eigenvalue weighted by Gasteiger charge is 2.11. The molecule has 1 aromatic carbocycles. The third-order valence-electron chi connectivity index (χ3n) is 2.80. The number of benzene rings is 1. The topological polar surface area (TPSA) is 67.4 Å². The molecular formula is C16H24N2O3. The Morgan fingerprint density at radius 3 is 2.57 bits per heavy atom. The number of hydrogen-bond donors (Lipinski definition) is 2. The molecule has 5 heteroatoms. The van der Waals surface area contributed by atoms with Gasteiger partial charge in [-0.1, -0.05) is 29.8 Å². The first-order chi connectivity index (χ1) is 9.99. The molecule has 5 nitrogen and oxygen atoms in total. The van der Waals surface area contributed by atoms with Crippen LogP contribution in [0.5, 0.6) is 0 Å². The van der Waals surface area contributed by atoms with Gasteiger partial charge in [0, 0.05) is 19.7 Å². The molecule has 2 amide bonds. The van der Waals surface area contributed by atoms with Gasteiger partial charge in [-0.25, -0.2) is 0 Å². The molecule has 0 unspecified atom stereocenters. The molecule has 0 heterocycles. The van der Waals surface area contributed by atoms with Crippen molar-refractivity contribution in [3.63, 3.8) is 0 Å². The van der Waals surface area contributed by atoms with Gasteiger partial charge >= 0.3 is 11.8 Å². The van der Waals surface area contributed by atoms with Gasteiger partial charge in [0.1, 0.15) is 0 Å². The van der Waals surface area contributed by atoms with Gasteiger partial charge in [0.05, 0.1) is 6.10 Å². The SMILES string of the molecule is Cc1cccc(CNC(=O)C(=O)NCCCOC(C)C)c1. The van der Waals surface area contributed by atoms with Gasteiger partial charge in [-0.15, -0.1) is 0 Å². The average Bonchev–Trinajstić information content (AvgIpc) is 2.44. The summed E-state index contributed by atoms with van der Waals surface area (Å²) < 4.78 is 5.35. The first-order valence-electron chi connectivity index (χ1n) is 7.22. The van der Waals surface area contributed by atoms with Crippen molar-refractivity contribution >= 4 is 11.8 Å². The van der Waals surface area contributed by atoms with E-state index >= 15 is 0 Å². The molecule has 1 rings (SSSR count). The van der Waals surface area contributed by atoms with Crippen LogP contribution in [0.1, 0.15) is 31.4 Å². The molecule has 0 aliphatic carbocycles. The third kappa shape index (κ3) is 7.46. The lowest BCUT2D eigenvalue weighted by Crippen LogP contribution is -2.40. The van der Waals surface area contributed by atoms with Crippen LogP contribution in [0, 0.1) is 6.92 Å². The molecule has 0 bridgehead atoms. The zero-order valence-electron chi connectivity index (χ0n) is 12.9. The van der Waals surface area contributed by atoms with Crippen LogP contribution in [0.3, 0.4) is 0 Å². The Morgan fingerprint density at radius 1 is 1.19 bits per heavy atom. The van der Waals surface area contributed by atoms with E-state index in [2.05, 4.69) is 10.6 Å². The number of hydrogen-bond acceptors (Lipinski definition) is 3. The van der Waals surface area contributed by atoms with E-state index in [1.54, 1.807) is 0 Å². The molecule has 0 fully saturated rings. The number of nitrogens with one attached hydrogen (secondary N) is 2. The number of amides is 2. The van der Waals surface area contributed by atoms with Crippen molar-refractivity contribution in [3.8, 4) is 0 Å². The molecule has 2 N–H and O–H groups in total. The Hall–Kier alpha value is -1.88. The fourth-order valence-corrected chi connectivity index (χ4v) is 1.76. The van der Waals surface area contributed by atoms with Crippen molar-refractivity contribution in [2.45, 2.75) is 39.8 Å². The van der Waals surface area contributed by atoms with Gasteiger partial charge in [-0.2, -0.15) is 0 Å². The minimum absolute atomic E-state index is 0.179. The third-order valence-corrected chi connectivity index (χ3v) is 2.80. The largest absolute Gasteiger partial charge is 0.379 e. The highest BCUT2D eigenvalue weighted by atomic mass is 16.5. The summed E-state index contributed by atoms with van der Waals surface area (Å²) in [6.07, 6.45) is 0.869. The average molecular weight is 292 g/mol. The molecule has 1 aromatic rings. The van der Waals surface area contributed by atoms with Crippen molar-refractivity contribution in [2.24, 2.45) is 0 Å². The zero-order chi connectivity index (χ0) is 15.7. The molecule has 0 atom stereocenters. The normalized spacial score (nSPS) is 10.5. The predicted molar refractivity (Wildman–Crippen MR) is 81.7 cm³/mol. The molecule has 0 saturated heterocycles. The zero-order valence-corrected chi connectivity index (χ0v) is 12.9. The fraction of sp³-hybridized carbons (Fsp3) is 0.500. The molecule has 0 saturated carbocycles. The van der Waals surface area contributed by atoms with Crippen LogP contribution in [-0.4, -0.2) is 31.1 Å². The van der Waals surface area contributed by atoms with Crippen LogP contribution in [0.25, 0.3) is 0 Å². The van der Waals surface area contributed by atoms with E-state index in [4.69, 9.17) is 4.74 Å². The van der Waals surface area contributed by atoms with E-state index < -0.39 is 11.8 Å². The molecule has 116 valence electrons. The quantitative estimate of drug-likeness (QED) is 0.592. The molecule has 0 radical (unpaired) electrons. The van der Waals surface area contributed by atoms with E-state index in [0.29, 0.717) is 26.1 Å². The summed E-state index contributed by atoms with van der Waals surface area (Å²) in [5.74, 6) is -1.21. The van der Waals surface area contributed by atoms with Crippen molar-refractivity contribution in [3.05, 3.63) is 35.4 Å². The summed E-state index contributed by atoms with van der Waals surface area (Å²) in [4.78, 5) is 23.2. The van der Waals surface area contributed by atoms with E-state index in [0.717, 1.165) is 11.1 Å². The fourth-order valence-electron chi connectivity index (χ4n) is 1.76. The van der Waals surface area contributed by atoms with Gasteiger partial charge in [-0.3, -0.25) is 9.59 Å². The molecule has 0 aliphatic rings. The van der Waals surface area contributed by atoms with Crippen molar-refractivity contribution < 1.29 is 14.3 Å². The lowest BCUT2D eigenvalue weighted by molar-refractivity contribution is -0.139. The molecule has 0 spiro atoms. The van der Waals surface area contributed by atoms with Gasteiger partial charge in [0.25, 0.3) is 0 Å². The highest BCUT2D eigenvalue weighted by Crippen LogP contribution is 2.02. The summed E-state index contributed by atoms with van der Waals surface area (Å²) in [5, 5.41) is 5.18. The van der Waals surface area contributed by atoms with Crippen LogP contribution in [0.2, 0.25) is 0 Å². The van der Waals surface area contributed by atoms with Crippen LogP contribution < -0.4 is 10.6 Å². The molecular weight excluding hydrogens is 268 g/mol. The predicted octanol–water partition coefficient (Wildman–Crippen LogP) is 1.54. The van der Waals surface area contributed by atoms with Crippen molar-refractivity contribution in [1.29, 1.82) is 0 Å². The van der Waals surface area contributed by atoms with Gasteiger partial charge in [0.15, 0.2) is 0 Å². The van der Waals surface area contributed by atoms with Crippen LogP contribution in [-0.2, 0) is 20.9 Å². The summed E-state index contributed by atoms with van der Waals surface area (Å²) in [5.41, 5.74) is 2.10. The number of ether oxygens (including phenoxy) is 1. The number of aryl methyl sites for hydroxylation is 1. The Bertz CT molecular complexity index is 472. The smallest absolute Gasteiger partial charge is 0.309 e. The Labute approximate surface area is 126 Å². The maximum atomic E-state index is 11.6. The second-order valence-corrected chi connectivity index (χ2v) is 5.20. The monoisotopic (exact) mass is 292 g/mol. The number of carbonyl (C=O) groups excluding carboxylic acids is 2. The Kier molecular flexibility index (Phi) is 7.46. The second-order valence-electron chi connectivity index (χ2n) is 5.20. The van der Waals surface area contributed by atoms with Crippen molar-refractivity contribution in [2.75, 3.05) is 13.2 Å². The first kappa shape index (κ1) is 17.2. The van der Waals surface area contributed by atoms with Crippen LogP contribution in [0.15, 0.2) is 24.3 Å². The van der Waals surface area contributed by atoms with Gasteiger partial charge in [-0.05, 0) is 32.8 Å². The summed E-state index contributed by atoms with van der Waals surface area (Å²) in [6, 6.07) is 7.79. The second kappa shape index (κ2) is 9.13. The summed E-state index contributed by atoms with van der Waals surface area (Å²) >= 11 is 0. The lowest BCUT2D eigenvalue weighted by atomic mass is 10.1. The maximum absolute atomic E-state index is 11.6. The van der Waals surface area contributed by atoms with E-state index in [-0.39, 0.29) is 6.10 Å². The Balaban J connectivity index is 2.21. The van der Waals surface area contributed by atoms with Gasteiger partial charge < -0.3 is 15.4 Å². The molecule has 0 aromatic heterocycles.